The van der Waals surface area contributed by atoms with E-state index in [1.807, 2.05) is 7.05 Å². The Morgan fingerprint density at radius 1 is 1.14 bits per heavy atom. The quantitative estimate of drug-likeness (QED) is 0.379. The fourth-order valence-electron chi connectivity index (χ4n) is 5.71. The number of carbonyl (C=O) groups is 1. The minimum Gasteiger partial charge on any atom is -0.497 e. The molecule has 1 heterocycles. The van der Waals surface area contributed by atoms with Crippen LogP contribution in [0.2, 0.25) is 0 Å². The second-order valence-corrected chi connectivity index (χ2v) is 13.8. The Morgan fingerprint density at radius 3 is 2.30 bits per heavy atom. The summed E-state index contributed by atoms with van der Waals surface area (Å²) in [4.78, 5) is 17.5. The van der Waals surface area contributed by atoms with Crippen LogP contribution in [0.25, 0.3) is 0 Å². The summed E-state index contributed by atoms with van der Waals surface area (Å²) in [6.45, 7) is 13.6. The fourth-order valence-corrected chi connectivity index (χ4v) is 7.27. The van der Waals surface area contributed by atoms with Gasteiger partial charge in [-0.25, -0.2) is 8.42 Å². The van der Waals surface area contributed by atoms with E-state index in [0.717, 1.165) is 25.4 Å². The Morgan fingerprint density at radius 2 is 1.76 bits per heavy atom. The summed E-state index contributed by atoms with van der Waals surface area (Å²) in [5, 5.41) is 0. The maximum Gasteiger partial charge on any atom is 0.248 e. The van der Waals surface area contributed by atoms with Crippen molar-refractivity contribution in [1.82, 2.24) is 14.1 Å². The van der Waals surface area contributed by atoms with E-state index < -0.39 is 10.0 Å². The van der Waals surface area contributed by atoms with Crippen molar-refractivity contribution in [2.24, 2.45) is 11.3 Å². The number of benzene rings is 1. The number of ether oxygens (including phenoxy) is 2. The lowest BCUT2D eigenvalue weighted by atomic mass is 9.72. The topological polar surface area (TPSA) is 79.4 Å². The van der Waals surface area contributed by atoms with Crippen LogP contribution in [0.3, 0.4) is 0 Å². The van der Waals surface area contributed by atoms with Crippen LogP contribution in [0.15, 0.2) is 17.0 Å². The molecule has 37 heavy (non-hydrogen) atoms. The lowest BCUT2D eigenvalue weighted by Gasteiger charge is -2.46. The molecule has 3 rings (SSSR count). The van der Waals surface area contributed by atoms with Gasteiger partial charge in [-0.05, 0) is 82.7 Å². The number of methoxy groups -OCH3 is 1. The van der Waals surface area contributed by atoms with Gasteiger partial charge in [0.25, 0.3) is 0 Å². The molecule has 1 aromatic carbocycles. The first-order chi connectivity index (χ1) is 17.2. The van der Waals surface area contributed by atoms with Gasteiger partial charge in [0, 0.05) is 44.7 Å². The van der Waals surface area contributed by atoms with E-state index in [0.29, 0.717) is 23.4 Å². The molecule has 8 nitrogen and oxygen atoms in total. The highest BCUT2D eigenvalue weighted by molar-refractivity contribution is 7.89. The predicted molar refractivity (Wildman–Crippen MR) is 146 cm³/mol. The number of sulfonamides is 1. The molecule has 0 N–H and O–H groups in total. The minimum atomic E-state index is -3.69. The molecule has 1 aromatic rings. The Hall–Kier alpha value is -1.68. The zero-order valence-corrected chi connectivity index (χ0v) is 24.9. The summed E-state index contributed by atoms with van der Waals surface area (Å²) < 4.78 is 38.5. The molecule has 9 heteroatoms. The molecular weight excluding hydrogens is 490 g/mol. The summed E-state index contributed by atoms with van der Waals surface area (Å²) in [6.07, 6.45) is 5.11. The molecule has 1 saturated carbocycles. The summed E-state index contributed by atoms with van der Waals surface area (Å²) in [5.74, 6) is 1.37. The molecule has 1 atom stereocenters. The van der Waals surface area contributed by atoms with E-state index in [4.69, 9.17) is 9.47 Å². The van der Waals surface area contributed by atoms with Crippen LogP contribution in [-0.2, 0) is 19.6 Å². The van der Waals surface area contributed by atoms with Gasteiger partial charge in [-0.2, -0.15) is 4.31 Å². The van der Waals surface area contributed by atoms with Gasteiger partial charge in [-0.15, -0.1) is 0 Å². The van der Waals surface area contributed by atoms with E-state index >= 15 is 0 Å². The van der Waals surface area contributed by atoms with Crippen LogP contribution in [0, 0.1) is 25.2 Å². The van der Waals surface area contributed by atoms with Crippen molar-refractivity contribution in [3.8, 4) is 5.75 Å². The molecule has 2 aliphatic rings. The number of hydrogen-bond donors (Lipinski definition) is 0. The number of rotatable bonds is 12. The normalized spacial score (nSPS) is 22.3. The maximum absolute atomic E-state index is 13.2. The second-order valence-electron chi connectivity index (χ2n) is 11.8. The van der Waals surface area contributed by atoms with Crippen LogP contribution in [-0.4, -0.2) is 94.6 Å². The molecule has 0 radical (unpaired) electrons. The Kier molecular flexibility index (Phi) is 9.36. The summed E-state index contributed by atoms with van der Waals surface area (Å²) in [6, 6.07) is 3.44. The zero-order valence-electron chi connectivity index (χ0n) is 24.1. The van der Waals surface area contributed by atoms with E-state index in [1.54, 1.807) is 38.0 Å². The van der Waals surface area contributed by atoms with E-state index in [-0.39, 0.29) is 41.5 Å². The van der Waals surface area contributed by atoms with Gasteiger partial charge in [0.15, 0.2) is 0 Å². The molecule has 0 aromatic heterocycles. The zero-order chi connectivity index (χ0) is 27.6. The molecule has 1 amide bonds. The van der Waals surface area contributed by atoms with Gasteiger partial charge in [-0.3, -0.25) is 9.69 Å². The number of aryl methyl sites for hydroxylation is 2. The lowest BCUT2D eigenvalue weighted by molar-refractivity contribution is -0.137. The molecule has 2 fully saturated rings. The Balaban J connectivity index is 1.49. The number of likely N-dealkylation sites (N-methyl/N-ethyl adjacent to an activating group) is 2. The Bertz CT molecular complexity index is 1050. The molecular formula is C28H47N3O5S. The smallest absolute Gasteiger partial charge is 0.248 e. The summed E-state index contributed by atoms with van der Waals surface area (Å²) >= 11 is 0. The average Bonchev–Trinajstić information content (AvgIpc) is 3.00. The number of nitrogens with zero attached hydrogens (tertiary/aromatic N) is 3. The molecule has 0 spiro atoms. The molecule has 0 bridgehead atoms. The second kappa shape index (κ2) is 11.6. The highest BCUT2D eigenvalue weighted by Crippen LogP contribution is 2.46. The highest BCUT2D eigenvalue weighted by Gasteiger charge is 2.51. The lowest BCUT2D eigenvalue weighted by Crippen LogP contribution is -2.54. The summed E-state index contributed by atoms with van der Waals surface area (Å²) in [5.41, 5.74) is 1.29. The van der Waals surface area contributed by atoms with Crippen molar-refractivity contribution >= 4 is 15.9 Å². The molecule has 1 saturated heterocycles. The third-order valence-electron chi connectivity index (χ3n) is 9.03. The van der Waals surface area contributed by atoms with Crippen LogP contribution in [0.4, 0.5) is 0 Å². The molecule has 0 unspecified atom stereocenters. The van der Waals surface area contributed by atoms with Crippen LogP contribution < -0.4 is 4.74 Å². The van der Waals surface area contributed by atoms with Crippen molar-refractivity contribution in [2.45, 2.75) is 70.7 Å². The van der Waals surface area contributed by atoms with Crippen molar-refractivity contribution in [1.29, 1.82) is 0 Å². The van der Waals surface area contributed by atoms with E-state index in [1.165, 1.54) is 30.6 Å². The SMILES string of the molecule is COc1cc(C)c(S(=O)(=O)N(C)CCOCC(=O)N(C)C[C@]2(C)CCN(CC3CCC3)C2(C)C)c(C)c1. The summed E-state index contributed by atoms with van der Waals surface area (Å²) in [7, 11) is 1.24. The van der Waals surface area contributed by atoms with Crippen LogP contribution >= 0.6 is 0 Å². The van der Waals surface area contributed by atoms with Crippen LogP contribution in [0.1, 0.15) is 57.6 Å². The largest absolute Gasteiger partial charge is 0.497 e. The molecule has 1 aliphatic heterocycles. The molecule has 210 valence electrons. The van der Waals surface area contributed by atoms with Crippen molar-refractivity contribution in [2.75, 3.05) is 60.6 Å². The third-order valence-corrected chi connectivity index (χ3v) is 11.2. The van der Waals surface area contributed by atoms with Crippen molar-refractivity contribution in [3.05, 3.63) is 23.3 Å². The monoisotopic (exact) mass is 537 g/mol. The standard InChI is InChI=1S/C28H47N3O5S/c1-21-16-24(35-8)17-22(2)26(21)37(33,34)30(7)14-15-36-19-25(32)29(6)20-28(5)12-13-31(27(28,3)4)18-23-10-9-11-23/h16-17,23H,9-15,18-20H2,1-8H3/t28-/m0/s1. The van der Waals surface area contributed by atoms with Gasteiger partial charge in [0.2, 0.25) is 15.9 Å². The number of hydrogen-bond acceptors (Lipinski definition) is 6. The first kappa shape index (κ1) is 29.9. The molecule has 1 aliphatic carbocycles. The van der Waals surface area contributed by atoms with Gasteiger partial charge >= 0.3 is 0 Å². The minimum absolute atomic E-state index is 0.00351. The van der Waals surface area contributed by atoms with Gasteiger partial charge < -0.3 is 14.4 Å². The first-order valence-electron chi connectivity index (χ1n) is 13.4. The highest BCUT2D eigenvalue weighted by atomic mass is 32.2. The van der Waals surface area contributed by atoms with Crippen LogP contribution in [0.5, 0.6) is 5.75 Å². The van der Waals surface area contributed by atoms with E-state index in [2.05, 4.69) is 25.7 Å². The van der Waals surface area contributed by atoms with E-state index in [9.17, 15) is 13.2 Å². The number of carbonyl (C=O) groups excluding carboxylic acids is 1. The fraction of sp³-hybridized carbons (Fsp3) is 0.750. The average molecular weight is 538 g/mol. The maximum atomic E-state index is 13.2. The van der Waals surface area contributed by atoms with Gasteiger partial charge in [-0.1, -0.05) is 13.3 Å². The van der Waals surface area contributed by atoms with Gasteiger partial charge in [0.05, 0.1) is 18.6 Å². The third kappa shape index (κ3) is 6.32. The Labute approximate surface area is 224 Å². The number of likely N-dealkylation sites (tertiary alicyclic amines) is 1. The van der Waals surface area contributed by atoms with Crippen molar-refractivity contribution < 1.29 is 22.7 Å². The van der Waals surface area contributed by atoms with Gasteiger partial charge in [0.1, 0.15) is 12.4 Å². The first-order valence-corrected chi connectivity index (χ1v) is 14.9. The predicted octanol–water partition coefficient (Wildman–Crippen LogP) is 3.70. The number of amides is 1. The van der Waals surface area contributed by atoms with Crippen molar-refractivity contribution in [3.63, 3.8) is 0 Å².